The molecule has 1 atom stereocenters. The number of nitrogens with one attached hydrogen (secondary N) is 1. The molecule has 0 aromatic heterocycles. The van der Waals surface area contributed by atoms with Crippen molar-refractivity contribution >= 4 is 11.8 Å². The SMILES string of the molecule is CCC(CN)C(=O)NCC(=O)N1CCCC1. The van der Waals surface area contributed by atoms with E-state index >= 15 is 0 Å². The van der Waals surface area contributed by atoms with E-state index in [1.807, 2.05) is 6.92 Å². The standard InChI is InChI=1S/C11H21N3O2/c1-2-9(7-12)11(16)13-8-10(15)14-5-3-4-6-14/h9H,2-8,12H2,1H3,(H,13,16). The van der Waals surface area contributed by atoms with Gasteiger partial charge in [0, 0.05) is 25.6 Å². The first-order valence-corrected chi connectivity index (χ1v) is 5.94. The molecule has 0 aromatic carbocycles. The molecule has 5 heteroatoms. The molecule has 0 spiro atoms. The van der Waals surface area contributed by atoms with E-state index in [4.69, 9.17) is 5.73 Å². The van der Waals surface area contributed by atoms with E-state index in [0.29, 0.717) is 13.0 Å². The minimum absolute atomic E-state index is 0.0118. The number of amides is 2. The molecule has 16 heavy (non-hydrogen) atoms. The summed E-state index contributed by atoms with van der Waals surface area (Å²) in [4.78, 5) is 25.0. The fourth-order valence-electron chi connectivity index (χ4n) is 1.84. The van der Waals surface area contributed by atoms with Crippen molar-refractivity contribution in [3.05, 3.63) is 0 Å². The maximum Gasteiger partial charge on any atom is 0.241 e. The first-order valence-electron chi connectivity index (χ1n) is 5.94. The molecule has 1 saturated heterocycles. The Bertz CT molecular complexity index is 232. The van der Waals surface area contributed by atoms with Gasteiger partial charge in [0.15, 0.2) is 0 Å². The Balaban J connectivity index is 2.27. The molecule has 2 amide bonds. The van der Waals surface area contributed by atoms with Crippen LogP contribution in [0.25, 0.3) is 0 Å². The van der Waals surface area contributed by atoms with Gasteiger partial charge in [0.05, 0.1) is 6.54 Å². The summed E-state index contributed by atoms with van der Waals surface area (Å²) in [5.74, 6) is -0.276. The topological polar surface area (TPSA) is 75.4 Å². The Morgan fingerprint density at radius 1 is 1.38 bits per heavy atom. The van der Waals surface area contributed by atoms with Crippen LogP contribution < -0.4 is 11.1 Å². The Kier molecular flexibility index (Phi) is 5.25. The maximum atomic E-state index is 11.6. The van der Waals surface area contributed by atoms with Crippen LogP contribution in [-0.4, -0.2) is 42.9 Å². The second-order valence-electron chi connectivity index (χ2n) is 4.15. The Morgan fingerprint density at radius 2 is 2.00 bits per heavy atom. The third-order valence-electron chi connectivity index (χ3n) is 3.02. The van der Waals surface area contributed by atoms with Gasteiger partial charge in [-0.05, 0) is 19.3 Å². The third kappa shape index (κ3) is 3.48. The number of hydrogen-bond donors (Lipinski definition) is 2. The molecule has 0 radical (unpaired) electrons. The monoisotopic (exact) mass is 227 g/mol. The lowest BCUT2D eigenvalue weighted by Gasteiger charge is -2.17. The number of nitrogens with two attached hydrogens (primary N) is 1. The van der Waals surface area contributed by atoms with Crippen molar-refractivity contribution in [3.8, 4) is 0 Å². The number of hydrogen-bond acceptors (Lipinski definition) is 3. The second-order valence-corrected chi connectivity index (χ2v) is 4.15. The zero-order valence-electron chi connectivity index (χ0n) is 9.87. The van der Waals surface area contributed by atoms with Gasteiger partial charge in [-0.25, -0.2) is 0 Å². The minimum atomic E-state index is -0.175. The van der Waals surface area contributed by atoms with E-state index in [-0.39, 0.29) is 24.3 Å². The van der Waals surface area contributed by atoms with Crippen LogP contribution in [0.15, 0.2) is 0 Å². The van der Waals surface area contributed by atoms with Gasteiger partial charge in [0.25, 0.3) is 0 Å². The Hall–Kier alpha value is -1.10. The smallest absolute Gasteiger partial charge is 0.241 e. The van der Waals surface area contributed by atoms with E-state index in [0.717, 1.165) is 25.9 Å². The van der Waals surface area contributed by atoms with Crippen molar-refractivity contribution in [2.75, 3.05) is 26.2 Å². The lowest BCUT2D eigenvalue weighted by molar-refractivity contribution is -0.133. The van der Waals surface area contributed by atoms with Crippen LogP contribution in [0.3, 0.4) is 0 Å². The summed E-state index contributed by atoms with van der Waals surface area (Å²) in [6, 6.07) is 0. The van der Waals surface area contributed by atoms with Crippen LogP contribution in [0.5, 0.6) is 0 Å². The predicted molar refractivity (Wildman–Crippen MR) is 61.7 cm³/mol. The molecular formula is C11H21N3O2. The van der Waals surface area contributed by atoms with E-state index in [1.54, 1.807) is 4.90 Å². The summed E-state index contributed by atoms with van der Waals surface area (Å²) in [7, 11) is 0. The van der Waals surface area contributed by atoms with Gasteiger partial charge in [0.2, 0.25) is 11.8 Å². The molecule has 1 fully saturated rings. The summed E-state index contributed by atoms with van der Waals surface area (Å²) in [6.07, 6.45) is 2.85. The van der Waals surface area contributed by atoms with Crippen molar-refractivity contribution in [2.24, 2.45) is 11.7 Å². The molecule has 0 aliphatic carbocycles. The predicted octanol–water partition coefficient (Wildman–Crippen LogP) is -0.290. The van der Waals surface area contributed by atoms with Crippen LogP contribution >= 0.6 is 0 Å². The van der Waals surface area contributed by atoms with Crippen LogP contribution in [0, 0.1) is 5.92 Å². The number of carbonyl (C=O) groups is 2. The molecular weight excluding hydrogens is 206 g/mol. The summed E-state index contributed by atoms with van der Waals surface area (Å²) in [5, 5.41) is 2.65. The second kappa shape index (κ2) is 6.48. The van der Waals surface area contributed by atoms with Crippen molar-refractivity contribution in [3.63, 3.8) is 0 Å². The zero-order chi connectivity index (χ0) is 12.0. The highest BCUT2D eigenvalue weighted by atomic mass is 16.2. The maximum absolute atomic E-state index is 11.6. The molecule has 0 saturated carbocycles. The molecule has 0 aromatic rings. The molecule has 1 unspecified atom stereocenters. The third-order valence-corrected chi connectivity index (χ3v) is 3.02. The quantitative estimate of drug-likeness (QED) is 0.677. The zero-order valence-corrected chi connectivity index (χ0v) is 9.87. The van der Waals surface area contributed by atoms with Gasteiger partial charge >= 0.3 is 0 Å². The van der Waals surface area contributed by atoms with E-state index in [9.17, 15) is 9.59 Å². The van der Waals surface area contributed by atoms with Gasteiger partial charge in [-0.2, -0.15) is 0 Å². The largest absolute Gasteiger partial charge is 0.347 e. The summed E-state index contributed by atoms with van der Waals surface area (Å²) in [5.41, 5.74) is 5.46. The van der Waals surface area contributed by atoms with Crippen molar-refractivity contribution in [2.45, 2.75) is 26.2 Å². The van der Waals surface area contributed by atoms with Crippen LogP contribution in [0.4, 0.5) is 0 Å². The molecule has 3 N–H and O–H groups in total. The van der Waals surface area contributed by atoms with Gasteiger partial charge in [-0.1, -0.05) is 6.92 Å². The van der Waals surface area contributed by atoms with Crippen LogP contribution in [0.2, 0.25) is 0 Å². The van der Waals surface area contributed by atoms with Crippen LogP contribution in [0.1, 0.15) is 26.2 Å². The summed E-state index contributed by atoms with van der Waals surface area (Å²) < 4.78 is 0. The van der Waals surface area contributed by atoms with E-state index in [2.05, 4.69) is 5.32 Å². The van der Waals surface area contributed by atoms with Gasteiger partial charge in [0.1, 0.15) is 0 Å². The lowest BCUT2D eigenvalue weighted by Crippen LogP contribution is -2.42. The summed E-state index contributed by atoms with van der Waals surface area (Å²) >= 11 is 0. The van der Waals surface area contributed by atoms with E-state index in [1.165, 1.54) is 0 Å². The highest BCUT2D eigenvalue weighted by Gasteiger charge is 2.20. The van der Waals surface area contributed by atoms with Crippen LogP contribution in [-0.2, 0) is 9.59 Å². The molecule has 1 aliphatic rings. The highest BCUT2D eigenvalue weighted by molar-refractivity contribution is 5.86. The van der Waals surface area contributed by atoms with Crippen molar-refractivity contribution in [1.82, 2.24) is 10.2 Å². The fraction of sp³-hybridized carbons (Fsp3) is 0.818. The minimum Gasteiger partial charge on any atom is -0.347 e. The first-order chi connectivity index (χ1) is 7.69. The number of likely N-dealkylation sites (tertiary alicyclic amines) is 1. The normalized spacial score (nSPS) is 17.2. The van der Waals surface area contributed by atoms with Crippen molar-refractivity contribution < 1.29 is 9.59 Å². The number of carbonyl (C=O) groups excluding carboxylic acids is 2. The van der Waals surface area contributed by atoms with E-state index < -0.39 is 0 Å². The van der Waals surface area contributed by atoms with Crippen molar-refractivity contribution in [1.29, 1.82) is 0 Å². The Morgan fingerprint density at radius 3 is 2.50 bits per heavy atom. The first kappa shape index (κ1) is 13.0. The highest BCUT2D eigenvalue weighted by Crippen LogP contribution is 2.07. The molecule has 1 heterocycles. The molecule has 1 aliphatic heterocycles. The van der Waals surface area contributed by atoms with Gasteiger partial charge < -0.3 is 16.0 Å². The summed E-state index contributed by atoms with van der Waals surface area (Å²) in [6.45, 7) is 4.00. The van der Waals surface area contributed by atoms with Gasteiger partial charge in [-0.15, -0.1) is 0 Å². The Labute approximate surface area is 96.4 Å². The number of rotatable bonds is 5. The number of nitrogens with zero attached hydrogens (tertiary/aromatic N) is 1. The lowest BCUT2D eigenvalue weighted by atomic mass is 10.1. The molecule has 1 rings (SSSR count). The molecule has 5 nitrogen and oxygen atoms in total. The average molecular weight is 227 g/mol. The molecule has 0 bridgehead atoms. The van der Waals surface area contributed by atoms with Gasteiger partial charge in [-0.3, -0.25) is 9.59 Å². The average Bonchev–Trinajstić information content (AvgIpc) is 2.81. The fourth-order valence-corrected chi connectivity index (χ4v) is 1.84. The molecule has 92 valence electrons.